The van der Waals surface area contributed by atoms with Crippen molar-refractivity contribution in [1.29, 1.82) is 0 Å². The van der Waals surface area contributed by atoms with Crippen LogP contribution in [0.1, 0.15) is 18.7 Å². The van der Waals surface area contributed by atoms with Crippen molar-refractivity contribution in [3.8, 4) is 0 Å². The molecule has 0 radical (unpaired) electrons. The Kier molecular flexibility index (Phi) is 7.44. The largest absolute Gasteiger partial charge is 0.382 e. The van der Waals surface area contributed by atoms with E-state index in [1.54, 1.807) is 18.4 Å². The summed E-state index contributed by atoms with van der Waals surface area (Å²) >= 11 is 1.73. The van der Waals surface area contributed by atoms with Gasteiger partial charge in [-0.3, -0.25) is 0 Å². The molecule has 1 heterocycles. The Morgan fingerprint density at radius 2 is 2.18 bits per heavy atom. The quantitative estimate of drug-likeness (QED) is 0.737. The van der Waals surface area contributed by atoms with Gasteiger partial charge in [0.1, 0.15) is 0 Å². The molecular formula is C13H23NO2S. The predicted molar refractivity (Wildman–Crippen MR) is 72.5 cm³/mol. The number of ether oxygens (including phenoxy) is 2. The van der Waals surface area contributed by atoms with Crippen LogP contribution in [0, 0.1) is 5.92 Å². The maximum Gasteiger partial charge on any atom is 0.0937 e. The lowest BCUT2D eigenvalue weighted by molar-refractivity contribution is -0.00931. The van der Waals surface area contributed by atoms with Crippen molar-refractivity contribution in [3.05, 3.63) is 22.4 Å². The highest BCUT2D eigenvalue weighted by molar-refractivity contribution is 7.09. The number of nitrogens with one attached hydrogen (secondary N) is 1. The molecule has 4 heteroatoms. The van der Waals surface area contributed by atoms with E-state index in [4.69, 9.17) is 9.47 Å². The molecule has 0 aliphatic heterocycles. The van der Waals surface area contributed by atoms with E-state index in [1.807, 2.05) is 6.07 Å². The van der Waals surface area contributed by atoms with Crippen molar-refractivity contribution in [2.45, 2.75) is 26.6 Å². The molecule has 0 aliphatic carbocycles. The summed E-state index contributed by atoms with van der Waals surface area (Å²) in [7, 11) is 1.71. The van der Waals surface area contributed by atoms with E-state index in [1.165, 1.54) is 4.88 Å². The zero-order chi connectivity index (χ0) is 12.5. The summed E-state index contributed by atoms with van der Waals surface area (Å²) in [4.78, 5) is 1.26. The van der Waals surface area contributed by atoms with Gasteiger partial charge >= 0.3 is 0 Å². The van der Waals surface area contributed by atoms with Crippen molar-refractivity contribution < 1.29 is 9.47 Å². The average Bonchev–Trinajstić information content (AvgIpc) is 2.78. The summed E-state index contributed by atoms with van der Waals surface area (Å²) in [5.74, 6) is 0.662. The number of thiophene rings is 1. The molecule has 1 atom stereocenters. The van der Waals surface area contributed by atoms with Crippen molar-refractivity contribution in [1.82, 2.24) is 5.32 Å². The van der Waals surface area contributed by atoms with E-state index in [0.717, 1.165) is 13.1 Å². The highest BCUT2D eigenvalue weighted by Crippen LogP contribution is 2.10. The third-order valence-corrected chi connectivity index (χ3v) is 3.17. The first-order valence-corrected chi connectivity index (χ1v) is 6.94. The van der Waals surface area contributed by atoms with Gasteiger partial charge in [0.15, 0.2) is 0 Å². The second kappa shape index (κ2) is 8.64. The van der Waals surface area contributed by atoms with E-state index in [9.17, 15) is 0 Å². The second-order valence-corrected chi connectivity index (χ2v) is 5.55. The molecule has 0 aromatic carbocycles. The van der Waals surface area contributed by atoms with Crippen LogP contribution in [0.4, 0.5) is 0 Å². The molecule has 98 valence electrons. The second-order valence-electron chi connectivity index (χ2n) is 4.52. The van der Waals surface area contributed by atoms with Crippen molar-refractivity contribution in [2.75, 3.05) is 26.8 Å². The van der Waals surface area contributed by atoms with E-state index in [0.29, 0.717) is 19.1 Å². The van der Waals surface area contributed by atoms with Crippen LogP contribution in [-0.2, 0) is 16.1 Å². The van der Waals surface area contributed by atoms with Crippen LogP contribution < -0.4 is 5.32 Å². The third-order valence-electron chi connectivity index (χ3n) is 2.32. The molecule has 0 bridgehead atoms. The molecule has 0 spiro atoms. The van der Waals surface area contributed by atoms with E-state index >= 15 is 0 Å². The first kappa shape index (κ1) is 14.6. The first-order chi connectivity index (χ1) is 8.22. The fourth-order valence-electron chi connectivity index (χ4n) is 1.48. The molecular weight excluding hydrogens is 234 g/mol. The average molecular weight is 257 g/mol. The van der Waals surface area contributed by atoms with Crippen LogP contribution in [0.15, 0.2) is 17.5 Å². The van der Waals surface area contributed by atoms with Gasteiger partial charge in [0, 0.05) is 18.5 Å². The zero-order valence-corrected chi connectivity index (χ0v) is 11.8. The summed E-state index contributed by atoms with van der Waals surface area (Å²) in [6.45, 7) is 7.57. The monoisotopic (exact) mass is 257 g/mol. The van der Waals surface area contributed by atoms with Crippen LogP contribution in [-0.4, -0.2) is 32.9 Å². The van der Waals surface area contributed by atoms with Gasteiger partial charge in [-0.15, -0.1) is 11.3 Å². The molecule has 1 aromatic heterocycles. The van der Waals surface area contributed by atoms with E-state index in [-0.39, 0.29) is 6.10 Å². The third kappa shape index (κ3) is 6.78. The van der Waals surface area contributed by atoms with E-state index in [2.05, 4.69) is 30.6 Å². The summed E-state index contributed by atoms with van der Waals surface area (Å²) in [6, 6.07) is 4.14. The van der Waals surface area contributed by atoms with Crippen LogP contribution in [0.2, 0.25) is 0 Å². The lowest BCUT2D eigenvalue weighted by Crippen LogP contribution is -2.34. The van der Waals surface area contributed by atoms with Gasteiger partial charge in [0.2, 0.25) is 0 Å². The zero-order valence-electron chi connectivity index (χ0n) is 10.9. The fraction of sp³-hybridized carbons (Fsp3) is 0.692. The number of hydrogen-bond acceptors (Lipinski definition) is 4. The molecule has 0 saturated carbocycles. The van der Waals surface area contributed by atoms with Crippen molar-refractivity contribution in [2.24, 2.45) is 5.92 Å². The van der Waals surface area contributed by atoms with Gasteiger partial charge in [-0.1, -0.05) is 19.9 Å². The molecule has 0 fully saturated rings. The Labute approximate surface area is 108 Å². The lowest BCUT2D eigenvalue weighted by Gasteiger charge is -2.18. The molecule has 1 aromatic rings. The number of methoxy groups -OCH3 is 1. The minimum Gasteiger partial charge on any atom is -0.382 e. The molecule has 0 amide bonds. The van der Waals surface area contributed by atoms with Crippen LogP contribution >= 0.6 is 11.3 Å². The van der Waals surface area contributed by atoms with Gasteiger partial charge in [0.05, 0.1) is 19.3 Å². The Bertz CT molecular complexity index is 275. The molecule has 1 unspecified atom stereocenters. The van der Waals surface area contributed by atoms with Gasteiger partial charge in [0.25, 0.3) is 0 Å². The molecule has 17 heavy (non-hydrogen) atoms. The Morgan fingerprint density at radius 1 is 1.35 bits per heavy atom. The topological polar surface area (TPSA) is 30.5 Å². The van der Waals surface area contributed by atoms with Gasteiger partial charge in [-0.05, 0) is 23.9 Å². The Hall–Kier alpha value is -0.420. The van der Waals surface area contributed by atoms with Crippen molar-refractivity contribution in [3.63, 3.8) is 0 Å². The maximum absolute atomic E-state index is 5.83. The molecule has 1 rings (SSSR count). The van der Waals surface area contributed by atoms with E-state index < -0.39 is 0 Å². The fourth-order valence-corrected chi connectivity index (χ4v) is 2.10. The molecule has 1 N–H and O–H groups in total. The normalized spacial score (nSPS) is 13.2. The van der Waals surface area contributed by atoms with Crippen LogP contribution in [0.25, 0.3) is 0 Å². The minimum atomic E-state index is 0.126. The molecule has 3 nitrogen and oxygen atoms in total. The summed E-state index contributed by atoms with van der Waals surface area (Å²) < 4.78 is 11.0. The highest BCUT2D eigenvalue weighted by Gasteiger charge is 2.09. The maximum atomic E-state index is 5.83. The Balaban J connectivity index is 2.22. The SMILES string of the molecule is COCC(CNCC(C)C)OCc1cccs1. The lowest BCUT2D eigenvalue weighted by atomic mass is 10.2. The van der Waals surface area contributed by atoms with Gasteiger partial charge < -0.3 is 14.8 Å². The highest BCUT2D eigenvalue weighted by atomic mass is 32.1. The van der Waals surface area contributed by atoms with Crippen LogP contribution in [0.3, 0.4) is 0 Å². The summed E-state index contributed by atoms with van der Waals surface area (Å²) in [6.07, 6.45) is 0.126. The molecule has 0 aliphatic rings. The summed E-state index contributed by atoms with van der Waals surface area (Å²) in [5, 5.41) is 5.47. The van der Waals surface area contributed by atoms with Gasteiger partial charge in [-0.2, -0.15) is 0 Å². The number of rotatable bonds is 9. The van der Waals surface area contributed by atoms with Crippen molar-refractivity contribution >= 4 is 11.3 Å². The van der Waals surface area contributed by atoms with Gasteiger partial charge in [-0.25, -0.2) is 0 Å². The number of hydrogen-bond donors (Lipinski definition) is 1. The Morgan fingerprint density at radius 3 is 2.76 bits per heavy atom. The standard InChI is InChI=1S/C13H23NO2S/c1-11(2)7-14-8-12(9-15-3)16-10-13-5-4-6-17-13/h4-6,11-12,14H,7-10H2,1-3H3. The smallest absolute Gasteiger partial charge is 0.0937 e. The van der Waals surface area contributed by atoms with Crippen LogP contribution in [0.5, 0.6) is 0 Å². The first-order valence-electron chi connectivity index (χ1n) is 6.06. The summed E-state index contributed by atoms with van der Waals surface area (Å²) in [5.41, 5.74) is 0. The molecule has 0 saturated heterocycles. The minimum absolute atomic E-state index is 0.126. The predicted octanol–water partition coefficient (Wildman–Crippen LogP) is 2.53.